The zero-order valence-electron chi connectivity index (χ0n) is 14.6. The van der Waals surface area contributed by atoms with Crippen molar-refractivity contribution in [1.29, 1.82) is 0 Å². The third-order valence-electron chi connectivity index (χ3n) is 5.02. The summed E-state index contributed by atoms with van der Waals surface area (Å²) in [6.07, 6.45) is 2.34. The summed E-state index contributed by atoms with van der Waals surface area (Å²) in [6.45, 7) is 4.81. The lowest BCUT2D eigenvalue weighted by molar-refractivity contribution is 0.0909. The van der Waals surface area contributed by atoms with E-state index in [-0.39, 0.29) is 17.5 Å². The van der Waals surface area contributed by atoms with E-state index < -0.39 is 5.82 Å². The molecule has 25 heavy (non-hydrogen) atoms. The van der Waals surface area contributed by atoms with Crippen LogP contribution in [0.25, 0.3) is 0 Å². The van der Waals surface area contributed by atoms with Crippen LogP contribution < -0.4 is 5.32 Å². The number of benzene rings is 2. The highest BCUT2D eigenvalue weighted by atomic mass is 19.1. The third-order valence-corrected chi connectivity index (χ3v) is 5.02. The number of amides is 1. The van der Waals surface area contributed by atoms with Gasteiger partial charge in [0.25, 0.3) is 5.91 Å². The van der Waals surface area contributed by atoms with Gasteiger partial charge in [0.2, 0.25) is 0 Å². The van der Waals surface area contributed by atoms with Crippen molar-refractivity contribution in [3.05, 3.63) is 71.5 Å². The Bertz CT molecular complexity index is 696. The summed E-state index contributed by atoms with van der Waals surface area (Å²) in [4.78, 5) is 14.8. The zero-order valence-corrected chi connectivity index (χ0v) is 14.6. The van der Waals surface area contributed by atoms with Crippen LogP contribution in [0.15, 0.2) is 54.6 Å². The van der Waals surface area contributed by atoms with E-state index in [2.05, 4.69) is 29.3 Å². The molecule has 0 saturated carbocycles. The van der Waals surface area contributed by atoms with Gasteiger partial charge in [0.1, 0.15) is 5.82 Å². The highest BCUT2D eigenvalue weighted by Gasteiger charge is 2.25. The fourth-order valence-electron chi connectivity index (χ4n) is 3.40. The van der Waals surface area contributed by atoms with Crippen molar-refractivity contribution in [3.63, 3.8) is 0 Å². The minimum Gasteiger partial charge on any atom is -0.350 e. The summed E-state index contributed by atoms with van der Waals surface area (Å²) >= 11 is 0. The lowest BCUT2D eigenvalue weighted by atomic mass is 9.95. The summed E-state index contributed by atoms with van der Waals surface area (Å²) in [5.74, 6) is -0.0897. The van der Waals surface area contributed by atoms with Gasteiger partial charge in [-0.15, -0.1) is 0 Å². The van der Waals surface area contributed by atoms with Gasteiger partial charge in [-0.3, -0.25) is 9.69 Å². The fourth-order valence-corrected chi connectivity index (χ4v) is 3.40. The standard InChI is InChI=1S/C21H25FN2O/c1-16-11-13-24(14-12-16)20(17-7-3-2-4-8-17)15-23-21(25)18-9-5-6-10-19(18)22/h2-10,16,20H,11-15H2,1H3,(H,23,25). The van der Waals surface area contributed by atoms with E-state index in [1.165, 1.54) is 30.5 Å². The van der Waals surface area contributed by atoms with Gasteiger partial charge in [0.15, 0.2) is 0 Å². The van der Waals surface area contributed by atoms with Crippen LogP contribution in [0.4, 0.5) is 4.39 Å². The Morgan fingerprint density at radius 1 is 1.12 bits per heavy atom. The third kappa shape index (κ3) is 4.45. The lowest BCUT2D eigenvalue weighted by Gasteiger charge is -2.37. The molecule has 4 heteroatoms. The average Bonchev–Trinajstić information content (AvgIpc) is 2.64. The molecule has 0 aromatic heterocycles. The Balaban J connectivity index is 1.72. The number of likely N-dealkylation sites (tertiary alicyclic amines) is 1. The topological polar surface area (TPSA) is 32.3 Å². The Hall–Kier alpha value is -2.20. The van der Waals surface area contributed by atoms with Crippen LogP contribution >= 0.6 is 0 Å². The molecule has 3 nitrogen and oxygen atoms in total. The average molecular weight is 340 g/mol. The van der Waals surface area contributed by atoms with E-state index in [1.54, 1.807) is 12.1 Å². The molecule has 132 valence electrons. The number of carbonyl (C=O) groups excluding carboxylic acids is 1. The number of nitrogens with one attached hydrogen (secondary N) is 1. The predicted octanol–water partition coefficient (Wildman–Crippen LogP) is 4.03. The summed E-state index contributed by atoms with van der Waals surface area (Å²) in [7, 11) is 0. The molecule has 1 fully saturated rings. The van der Waals surface area contributed by atoms with Crippen LogP contribution in [0.2, 0.25) is 0 Å². The van der Waals surface area contributed by atoms with Crippen LogP contribution in [0.1, 0.15) is 41.7 Å². The number of hydrogen-bond acceptors (Lipinski definition) is 2. The molecule has 1 unspecified atom stereocenters. The number of rotatable bonds is 5. The van der Waals surface area contributed by atoms with Crippen molar-refractivity contribution in [1.82, 2.24) is 10.2 Å². The number of halogens is 1. The molecular formula is C21H25FN2O. The van der Waals surface area contributed by atoms with Gasteiger partial charge >= 0.3 is 0 Å². The molecule has 0 spiro atoms. The van der Waals surface area contributed by atoms with Crippen molar-refractivity contribution < 1.29 is 9.18 Å². The minimum atomic E-state index is -0.483. The summed E-state index contributed by atoms with van der Waals surface area (Å²) in [6, 6.07) is 16.4. The molecule has 1 heterocycles. The van der Waals surface area contributed by atoms with Gasteiger partial charge in [-0.1, -0.05) is 49.4 Å². The van der Waals surface area contributed by atoms with Crippen molar-refractivity contribution in [2.24, 2.45) is 5.92 Å². The van der Waals surface area contributed by atoms with E-state index in [0.717, 1.165) is 19.0 Å². The van der Waals surface area contributed by atoms with Crippen molar-refractivity contribution in [3.8, 4) is 0 Å². The normalized spacial score (nSPS) is 17.2. The van der Waals surface area contributed by atoms with E-state index in [0.29, 0.717) is 6.54 Å². The van der Waals surface area contributed by atoms with Gasteiger partial charge in [0, 0.05) is 6.54 Å². The number of carbonyl (C=O) groups is 1. The van der Waals surface area contributed by atoms with Crippen LogP contribution in [0, 0.1) is 11.7 Å². The smallest absolute Gasteiger partial charge is 0.254 e. The lowest BCUT2D eigenvalue weighted by Crippen LogP contribution is -2.42. The maximum Gasteiger partial charge on any atom is 0.254 e. The Labute approximate surface area is 148 Å². The maximum atomic E-state index is 13.8. The SMILES string of the molecule is CC1CCN(C(CNC(=O)c2ccccc2F)c2ccccc2)CC1. The molecule has 0 radical (unpaired) electrons. The molecule has 1 amide bonds. The highest BCUT2D eigenvalue weighted by Crippen LogP contribution is 2.26. The van der Waals surface area contributed by atoms with E-state index >= 15 is 0 Å². The predicted molar refractivity (Wildman–Crippen MR) is 97.9 cm³/mol. The van der Waals surface area contributed by atoms with Gasteiger partial charge < -0.3 is 5.32 Å². The first-order chi connectivity index (χ1) is 12.1. The largest absolute Gasteiger partial charge is 0.350 e. The van der Waals surface area contributed by atoms with E-state index in [1.807, 2.05) is 18.2 Å². The molecule has 0 aliphatic carbocycles. The molecule has 0 bridgehead atoms. The van der Waals surface area contributed by atoms with Gasteiger partial charge in [-0.2, -0.15) is 0 Å². The van der Waals surface area contributed by atoms with Crippen molar-refractivity contribution >= 4 is 5.91 Å². The Morgan fingerprint density at radius 2 is 1.76 bits per heavy atom. The summed E-state index contributed by atoms with van der Waals surface area (Å²) in [5.41, 5.74) is 1.28. The zero-order chi connectivity index (χ0) is 17.6. The molecule has 3 rings (SSSR count). The molecule has 1 N–H and O–H groups in total. The Kier molecular flexibility index (Phi) is 5.82. The van der Waals surface area contributed by atoms with E-state index in [4.69, 9.17) is 0 Å². The summed E-state index contributed by atoms with van der Waals surface area (Å²) in [5, 5.41) is 2.93. The molecule has 2 aromatic rings. The number of piperidine rings is 1. The van der Waals surface area contributed by atoms with Crippen LogP contribution in [-0.4, -0.2) is 30.4 Å². The fraction of sp³-hybridized carbons (Fsp3) is 0.381. The molecule has 1 saturated heterocycles. The van der Waals surface area contributed by atoms with Crippen molar-refractivity contribution in [2.45, 2.75) is 25.8 Å². The van der Waals surface area contributed by atoms with Crippen LogP contribution in [0.3, 0.4) is 0 Å². The van der Waals surface area contributed by atoms with Crippen LogP contribution in [-0.2, 0) is 0 Å². The minimum absolute atomic E-state index is 0.0987. The molecule has 1 atom stereocenters. The first-order valence-corrected chi connectivity index (χ1v) is 8.97. The van der Waals surface area contributed by atoms with E-state index in [9.17, 15) is 9.18 Å². The summed E-state index contributed by atoms with van der Waals surface area (Å²) < 4.78 is 13.8. The Morgan fingerprint density at radius 3 is 2.44 bits per heavy atom. The van der Waals surface area contributed by atoms with Crippen molar-refractivity contribution in [2.75, 3.05) is 19.6 Å². The first-order valence-electron chi connectivity index (χ1n) is 8.97. The number of nitrogens with zero attached hydrogens (tertiary/aromatic N) is 1. The monoisotopic (exact) mass is 340 g/mol. The second-order valence-electron chi connectivity index (χ2n) is 6.83. The van der Waals surface area contributed by atoms with Gasteiger partial charge in [-0.05, 0) is 49.5 Å². The highest BCUT2D eigenvalue weighted by molar-refractivity contribution is 5.94. The molecule has 1 aliphatic rings. The van der Waals surface area contributed by atoms with Gasteiger partial charge in [-0.25, -0.2) is 4.39 Å². The quantitative estimate of drug-likeness (QED) is 0.891. The second kappa shape index (κ2) is 8.26. The first kappa shape index (κ1) is 17.6. The number of hydrogen-bond donors (Lipinski definition) is 1. The maximum absolute atomic E-state index is 13.8. The molecular weight excluding hydrogens is 315 g/mol. The second-order valence-corrected chi connectivity index (χ2v) is 6.83. The molecule has 1 aliphatic heterocycles. The van der Waals surface area contributed by atoms with Crippen LogP contribution in [0.5, 0.6) is 0 Å². The van der Waals surface area contributed by atoms with Gasteiger partial charge in [0.05, 0.1) is 11.6 Å². The molecule has 2 aromatic carbocycles.